The van der Waals surface area contributed by atoms with Crippen LogP contribution in [0.5, 0.6) is 0 Å². The molecule has 1 aliphatic heterocycles. The highest BCUT2D eigenvalue weighted by molar-refractivity contribution is 5.30. The normalized spacial score (nSPS) is 18.5. The minimum absolute atomic E-state index is 0.858. The van der Waals surface area contributed by atoms with Crippen molar-refractivity contribution in [3.05, 3.63) is 6.20 Å². The maximum absolute atomic E-state index is 3.99. The van der Waals surface area contributed by atoms with Gasteiger partial charge in [0.25, 0.3) is 0 Å². The van der Waals surface area contributed by atoms with Crippen molar-refractivity contribution >= 4 is 5.82 Å². The summed E-state index contributed by atoms with van der Waals surface area (Å²) in [4.78, 5) is 4.87. The van der Waals surface area contributed by atoms with Crippen LogP contribution in [0.1, 0.15) is 6.92 Å². The summed E-state index contributed by atoms with van der Waals surface area (Å²) in [7, 11) is 2.18. The molecule has 2 rings (SSSR count). The molecule has 0 spiro atoms. The molecule has 1 aliphatic rings. The van der Waals surface area contributed by atoms with E-state index < -0.39 is 0 Å². The van der Waals surface area contributed by atoms with E-state index in [1.54, 1.807) is 6.20 Å². The summed E-state index contributed by atoms with van der Waals surface area (Å²) in [6.45, 7) is 9.66. The summed E-state index contributed by atoms with van der Waals surface area (Å²) >= 11 is 0. The van der Waals surface area contributed by atoms with Crippen LogP contribution in [-0.2, 0) is 6.54 Å². The summed E-state index contributed by atoms with van der Waals surface area (Å²) in [5, 5.41) is 11.3. The maximum Gasteiger partial charge on any atom is 0.144 e. The molecule has 0 aliphatic carbocycles. The lowest BCUT2D eigenvalue weighted by atomic mass is 10.3. The third-order valence-corrected chi connectivity index (χ3v) is 3.25. The van der Waals surface area contributed by atoms with Gasteiger partial charge < -0.3 is 10.2 Å². The van der Waals surface area contributed by atoms with Crippen molar-refractivity contribution in [2.75, 3.05) is 51.6 Å². The molecule has 2 heterocycles. The van der Waals surface area contributed by atoms with Gasteiger partial charge in [-0.15, -0.1) is 5.10 Å². The average Bonchev–Trinajstić information content (AvgIpc) is 2.79. The molecule has 0 radical (unpaired) electrons. The van der Waals surface area contributed by atoms with Crippen molar-refractivity contribution in [2.45, 2.75) is 13.5 Å². The second-order valence-corrected chi connectivity index (χ2v) is 4.51. The van der Waals surface area contributed by atoms with Gasteiger partial charge in [0.15, 0.2) is 0 Å². The first-order chi connectivity index (χ1) is 8.29. The number of hydrogen-bond acceptors (Lipinski definition) is 5. The van der Waals surface area contributed by atoms with Crippen molar-refractivity contribution < 1.29 is 0 Å². The molecule has 17 heavy (non-hydrogen) atoms. The highest BCUT2D eigenvalue weighted by Crippen LogP contribution is 2.03. The molecule has 6 nitrogen and oxygen atoms in total. The largest absolute Gasteiger partial charge is 0.368 e. The lowest BCUT2D eigenvalue weighted by Crippen LogP contribution is -2.45. The van der Waals surface area contributed by atoms with E-state index in [-0.39, 0.29) is 0 Å². The maximum atomic E-state index is 3.99. The lowest BCUT2D eigenvalue weighted by molar-refractivity contribution is 0.158. The van der Waals surface area contributed by atoms with E-state index in [1.165, 1.54) is 26.2 Å². The van der Waals surface area contributed by atoms with Crippen molar-refractivity contribution in [3.63, 3.8) is 0 Å². The first-order valence-electron chi connectivity index (χ1n) is 6.33. The molecule has 0 aromatic carbocycles. The first-order valence-corrected chi connectivity index (χ1v) is 6.33. The van der Waals surface area contributed by atoms with E-state index in [9.17, 15) is 0 Å². The lowest BCUT2D eigenvalue weighted by Gasteiger charge is -2.32. The predicted molar refractivity (Wildman–Crippen MR) is 68.1 cm³/mol. The van der Waals surface area contributed by atoms with Crippen molar-refractivity contribution in [1.29, 1.82) is 0 Å². The molecule has 1 fully saturated rings. The smallest absolute Gasteiger partial charge is 0.144 e. The van der Waals surface area contributed by atoms with Gasteiger partial charge in [0.2, 0.25) is 0 Å². The van der Waals surface area contributed by atoms with Crippen LogP contribution in [0.2, 0.25) is 0 Å². The Morgan fingerprint density at radius 2 is 2.06 bits per heavy atom. The van der Waals surface area contributed by atoms with Gasteiger partial charge >= 0.3 is 0 Å². The van der Waals surface area contributed by atoms with Gasteiger partial charge in [0.1, 0.15) is 5.82 Å². The molecule has 0 bridgehead atoms. The SMILES string of the molecule is CCn1nncc1NCCN1CCN(C)CC1. The van der Waals surface area contributed by atoms with Crippen LogP contribution in [0, 0.1) is 0 Å². The Morgan fingerprint density at radius 1 is 1.29 bits per heavy atom. The quantitative estimate of drug-likeness (QED) is 0.780. The van der Waals surface area contributed by atoms with Crippen molar-refractivity contribution in [3.8, 4) is 0 Å². The summed E-state index contributed by atoms with van der Waals surface area (Å²) in [5.41, 5.74) is 0. The number of piperazine rings is 1. The average molecular weight is 238 g/mol. The van der Waals surface area contributed by atoms with Crippen LogP contribution in [-0.4, -0.2) is 71.1 Å². The van der Waals surface area contributed by atoms with Gasteiger partial charge in [0, 0.05) is 45.8 Å². The summed E-state index contributed by atoms with van der Waals surface area (Å²) in [5.74, 6) is 1.02. The third-order valence-electron chi connectivity index (χ3n) is 3.25. The zero-order valence-electron chi connectivity index (χ0n) is 10.8. The van der Waals surface area contributed by atoms with E-state index in [2.05, 4.69) is 39.4 Å². The van der Waals surface area contributed by atoms with E-state index in [0.717, 1.165) is 25.5 Å². The third kappa shape index (κ3) is 3.41. The van der Waals surface area contributed by atoms with Gasteiger partial charge in [-0.3, -0.25) is 4.90 Å². The van der Waals surface area contributed by atoms with E-state index in [1.807, 2.05) is 4.68 Å². The fourth-order valence-electron chi connectivity index (χ4n) is 2.04. The Morgan fingerprint density at radius 3 is 2.76 bits per heavy atom. The highest BCUT2D eigenvalue weighted by atomic mass is 15.4. The molecule has 96 valence electrons. The standard InChI is InChI=1S/C11H22N6/c1-3-17-11(10-13-14-17)12-4-5-16-8-6-15(2)7-9-16/h10,12H,3-9H2,1-2H3. The molecule has 0 unspecified atom stereocenters. The zero-order chi connectivity index (χ0) is 12.1. The second-order valence-electron chi connectivity index (χ2n) is 4.51. The number of anilines is 1. The number of nitrogens with zero attached hydrogens (tertiary/aromatic N) is 5. The number of aryl methyl sites for hydroxylation is 1. The van der Waals surface area contributed by atoms with Crippen LogP contribution in [0.4, 0.5) is 5.82 Å². The second kappa shape index (κ2) is 5.97. The number of rotatable bonds is 5. The zero-order valence-corrected chi connectivity index (χ0v) is 10.8. The van der Waals surface area contributed by atoms with Crippen LogP contribution in [0.25, 0.3) is 0 Å². The monoisotopic (exact) mass is 238 g/mol. The number of likely N-dealkylation sites (N-methyl/N-ethyl adjacent to an activating group) is 1. The van der Waals surface area contributed by atoms with Gasteiger partial charge in [-0.2, -0.15) is 0 Å². The van der Waals surface area contributed by atoms with E-state index >= 15 is 0 Å². The van der Waals surface area contributed by atoms with E-state index in [0.29, 0.717) is 0 Å². The summed E-state index contributed by atoms with van der Waals surface area (Å²) in [6, 6.07) is 0. The molecule has 1 saturated heterocycles. The summed E-state index contributed by atoms with van der Waals surface area (Å²) in [6.07, 6.45) is 1.79. The molecule has 6 heteroatoms. The molecular formula is C11H22N6. The highest BCUT2D eigenvalue weighted by Gasteiger charge is 2.12. The Labute approximate surface area is 103 Å². The van der Waals surface area contributed by atoms with Gasteiger partial charge in [0.05, 0.1) is 6.20 Å². The molecule has 0 atom stereocenters. The van der Waals surface area contributed by atoms with Gasteiger partial charge in [-0.1, -0.05) is 5.21 Å². The number of nitrogens with one attached hydrogen (secondary N) is 1. The van der Waals surface area contributed by atoms with Crippen LogP contribution < -0.4 is 5.32 Å². The van der Waals surface area contributed by atoms with Crippen LogP contribution >= 0.6 is 0 Å². The fourth-order valence-corrected chi connectivity index (χ4v) is 2.04. The van der Waals surface area contributed by atoms with Gasteiger partial charge in [-0.05, 0) is 14.0 Å². The molecule has 0 amide bonds. The molecule has 0 saturated carbocycles. The van der Waals surface area contributed by atoms with Crippen molar-refractivity contribution in [1.82, 2.24) is 24.8 Å². The van der Waals surface area contributed by atoms with Crippen molar-refractivity contribution in [2.24, 2.45) is 0 Å². The molecule has 1 aromatic heterocycles. The van der Waals surface area contributed by atoms with Gasteiger partial charge in [-0.25, -0.2) is 4.68 Å². The summed E-state index contributed by atoms with van der Waals surface area (Å²) < 4.78 is 1.88. The molecule has 1 N–H and O–H groups in total. The Kier molecular flexibility index (Phi) is 4.33. The first kappa shape index (κ1) is 12.3. The van der Waals surface area contributed by atoms with E-state index in [4.69, 9.17) is 0 Å². The Hall–Kier alpha value is -1.14. The number of aromatic nitrogens is 3. The Balaban J connectivity index is 1.69. The minimum Gasteiger partial charge on any atom is -0.368 e. The Bertz CT molecular complexity index is 328. The molecule has 1 aromatic rings. The topological polar surface area (TPSA) is 49.2 Å². The predicted octanol–water partition coefficient (Wildman–Crippen LogP) is -0.0427. The minimum atomic E-state index is 0.858. The molecular weight excluding hydrogens is 216 g/mol. The van der Waals surface area contributed by atoms with Crippen LogP contribution in [0.3, 0.4) is 0 Å². The fraction of sp³-hybridized carbons (Fsp3) is 0.818. The number of hydrogen-bond donors (Lipinski definition) is 1. The van der Waals surface area contributed by atoms with Crippen LogP contribution in [0.15, 0.2) is 6.20 Å².